The van der Waals surface area contributed by atoms with Gasteiger partial charge < -0.3 is 4.74 Å². The Morgan fingerprint density at radius 2 is 2.12 bits per heavy atom. The van der Waals surface area contributed by atoms with E-state index in [1.807, 2.05) is 6.07 Å². The van der Waals surface area contributed by atoms with Crippen molar-refractivity contribution < 1.29 is 9.53 Å². The molecule has 0 aromatic carbocycles. The second-order valence-electron chi connectivity index (χ2n) is 3.33. The van der Waals surface area contributed by atoms with Gasteiger partial charge in [0.1, 0.15) is 5.69 Å². The first-order chi connectivity index (χ1) is 7.70. The van der Waals surface area contributed by atoms with E-state index in [2.05, 4.69) is 28.8 Å². The molecule has 16 heavy (non-hydrogen) atoms. The molecule has 2 heterocycles. The van der Waals surface area contributed by atoms with Crippen LogP contribution in [0.5, 0.6) is 0 Å². The van der Waals surface area contributed by atoms with E-state index in [-0.39, 0.29) is 0 Å². The molecule has 0 amide bonds. The van der Waals surface area contributed by atoms with Gasteiger partial charge in [-0.1, -0.05) is 0 Å². The minimum Gasteiger partial charge on any atom is -0.464 e. The molecule has 0 N–H and O–H groups in total. The molecule has 2 aromatic heterocycles. The third-order valence-electron chi connectivity index (χ3n) is 2.18. The molecule has 0 aliphatic rings. The van der Waals surface area contributed by atoms with Gasteiger partial charge in [0.25, 0.3) is 0 Å². The fraction of sp³-hybridized carbons (Fsp3) is 0.167. The topological polar surface area (TPSA) is 39.2 Å². The standard InChI is InChI=1S/C12H11NO2S/c1-8-3-6-11(16-8)9-4-5-10(13-7-9)12(14)15-2/h3-7H,1-2H3. The molecule has 0 fully saturated rings. The highest BCUT2D eigenvalue weighted by atomic mass is 32.1. The van der Waals surface area contributed by atoms with Gasteiger partial charge in [-0.3, -0.25) is 0 Å². The number of carbonyl (C=O) groups excluding carboxylic acids is 1. The van der Waals surface area contributed by atoms with Crippen LogP contribution >= 0.6 is 11.3 Å². The number of nitrogens with zero attached hydrogens (tertiary/aromatic N) is 1. The van der Waals surface area contributed by atoms with Crippen LogP contribution < -0.4 is 0 Å². The van der Waals surface area contributed by atoms with Crippen molar-refractivity contribution in [1.29, 1.82) is 0 Å². The summed E-state index contributed by atoms with van der Waals surface area (Å²) in [7, 11) is 1.35. The van der Waals surface area contributed by atoms with E-state index in [0.29, 0.717) is 5.69 Å². The highest BCUT2D eigenvalue weighted by Crippen LogP contribution is 2.26. The molecule has 2 rings (SSSR count). The van der Waals surface area contributed by atoms with Crippen molar-refractivity contribution in [3.63, 3.8) is 0 Å². The zero-order chi connectivity index (χ0) is 11.5. The zero-order valence-corrected chi connectivity index (χ0v) is 9.88. The van der Waals surface area contributed by atoms with Crippen molar-refractivity contribution in [2.45, 2.75) is 6.92 Å². The predicted molar refractivity (Wildman–Crippen MR) is 63.6 cm³/mol. The number of thiophene rings is 1. The van der Waals surface area contributed by atoms with Crippen LogP contribution in [0.1, 0.15) is 15.4 Å². The first-order valence-corrected chi connectivity index (χ1v) is 5.63. The van der Waals surface area contributed by atoms with Crippen LogP contribution in [0, 0.1) is 6.92 Å². The van der Waals surface area contributed by atoms with Gasteiger partial charge in [-0.25, -0.2) is 9.78 Å². The number of methoxy groups -OCH3 is 1. The molecular formula is C12H11NO2S. The van der Waals surface area contributed by atoms with Crippen LogP contribution in [0.4, 0.5) is 0 Å². The van der Waals surface area contributed by atoms with Crippen LogP contribution in [0.25, 0.3) is 10.4 Å². The lowest BCUT2D eigenvalue weighted by molar-refractivity contribution is 0.0594. The molecule has 0 spiro atoms. The Bertz CT molecular complexity index is 502. The summed E-state index contributed by atoms with van der Waals surface area (Å²) in [6.45, 7) is 2.06. The summed E-state index contributed by atoms with van der Waals surface area (Å²) in [4.78, 5) is 17.7. The molecule has 0 atom stereocenters. The third-order valence-corrected chi connectivity index (χ3v) is 3.23. The van der Waals surface area contributed by atoms with Crippen molar-refractivity contribution in [2.75, 3.05) is 7.11 Å². The summed E-state index contributed by atoms with van der Waals surface area (Å²) in [5.41, 5.74) is 1.35. The van der Waals surface area contributed by atoms with Gasteiger partial charge in [0, 0.05) is 21.5 Å². The molecule has 0 unspecified atom stereocenters. The smallest absolute Gasteiger partial charge is 0.356 e. The number of carbonyl (C=O) groups is 1. The fourth-order valence-electron chi connectivity index (χ4n) is 1.35. The van der Waals surface area contributed by atoms with Gasteiger partial charge >= 0.3 is 5.97 Å². The first kappa shape index (κ1) is 10.8. The van der Waals surface area contributed by atoms with Crippen LogP contribution in [0.3, 0.4) is 0 Å². The maximum Gasteiger partial charge on any atom is 0.356 e. The summed E-state index contributed by atoms with van der Waals surface area (Å²) >= 11 is 1.70. The van der Waals surface area contributed by atoms with E-state index in [1.165, 1.54) is 12.0 Å². The van der Waals surface area contributed by atoms with Crippen LogP contribution in [0.15, 0.2) is 30.5 Å². The Labute approximate surface area is 97.7 Å². The van der Waals surface area contributed by atoms with E-state index in [0.717, 1.165) is 10.4 Å². The monoisotopic (exact) mass is 233 g/mol. The molecule has 0 saturated carbocycles. The molecule has 0 bridgehead atoms. The van der Waals surface area contributed by atoms with E-state index in [4.69, 9.17) is 0 Å². The SMILES string of the molecule is COC(=O)c1ccc(-c2ccc(C)s2)cn1. The molecule has 0 saturated heterocycles. The maximum atomic E-state index is 11.2. The Balaban J connectivity index is 2.29. The lowest BCUT2D eigenvalue weighted by Gasteiger charge is -1.99. The quantitative estimate of drug-likeness (QED) is 0.749. The van der Waals surface area contributed by atoms with Crippen molar-refractivity contribution in [3.05, 3.63) is 41.0 Å². The Morgan fingerprint density at radius 3 is 2.62 bits per heavy atom. The van der Waals surface area contributed by atoms with Gasteiger partial charge in [-0.15, -0.1) is 11.3 Å². The predicted octanol–water partition coefficient (Wildman–Crippen LogP) is 2.91. The molecule has 4 heteroatoms. The number of aromatic nitrogens is 1. The van der Waals surface area contributed by atoms with Crippen LogP contribution in [0.2, 0.25) is 0 Å². The van der Waals surface area contributed by atoms with E-state index < -0.39 is 5.97 Å². The van der Waals surface area contributed by atoms with Crippen molar-refractivity contribution in [3.8, 4) is 10.4 Å². The van der Waals surface area contributed by atoms with Gasteiger partial charge in [0.2, 0.25) is 0 Å². The average molecular weight is 233 g/mol. The van der Waals surface area contributed by atoms with Crippen LogP contribution in [-0.2, 0) is 4.74 Å². The summed E-state index contributed by atoms with van der Waals surface area (Å²) in [5, 5.41) is 0. The molecule has 0 aliphatic heterocycles. The number of rotatable bonds is 2. The van der Waals surface area contributed by atoms with E-state index in [1.54, 1.807) is 23.6 Å². The van der Waals surface area contributed by atoms with Crippen molar-refractivity contribution in [2.24, 2.45) is 0 Å². The highest BCUT2D eigenvalue weighted by molar-refractivity contribution is 7.15. The molecule has 82 valence electrons. The van der Waals surface area contributed by atoms with Gasteiger partial charge in [-0.2, -0.15) is 0 Å². The lowest BCUT2D eigenvalue weighted by Crippen LogP contribution is -2.03. The second kappa shape index (κ2) is 4.45. The second-order valence-corrected chi connectivity index (χ2v) is 4.62. The van der Waals surface area contributed by atoms with E-state index in [9.17, 15) is 4.79 Å². The summed E-state index contributed by atoms with van der Waals surface area (Å²) in [6, 6.07) is 7.67. The molecule has 0 radical (unpaired) electrons. The number of pyridine rings is 1. The highest BCUT2D eigenvalue weighted by Gasteiger charge is 2.07. The summed E-state index contributed by atoms with van der Waals surface area (Å²) in [5.74, 6) is -0.408. The Hall–Kier alpha value is -1.68. The maximum absolute atomic E-state index is 11.2. The molecule has 3 nitrogen and oxygen atoms in total. The summed E-state index contributed by atoms with van der Waals surface area (Å²) < 4.78 is 4.59. The Kier molecular flexibility index (Phi) is 3.01. The fourth-order valence-corrected chi connectivity index (χ4v) is 2.21. The number of hydrogen-bond donors (Lipinski definition) is 0. The zero-order valence-electron chi connectivity index (χ0n) is 9.06. The normalized spacial score (nSPS) is 10.1. The number of esters is 1. The summed E-state index contributed by atoms with van der Waals surface area (Å²) in [6.07, 6.45) is 1.69. The van der Waals surface area contributed by atoms with Gasteiger partial charge in [0.05, 0.1) is 7.11 Å². The number of hydrogen-bond acceptors (Lipinski definition) is 4. The van der Waals surface area contributed by atoms with Crippen molar-refractivity contribution in [1.82, 2.24) is 4.98 Å². The lowest BCUT2D eigenvalue weighted by atomic mass is 10.2. The average Bonchev–Trinajstić information content (AvgIpc) is 2.75. The van der Waals surface area contributed by atoms with Gasteiger partial charge in [-0.05, 0) is 31.2 Å². The molecular weight excluding hydrogens is 222 g/mol. The van der Waals surface area contributed by atoms with Crippen molar-refractivity contribution >= 4 is 17.3 Å². The van der Waals surface area contributed by atoms with Gasteiger partial charge in [0.15, 0.2) is 0 Å². The first-order valence-electron chi connectivity index (χ1n) is 4.82. The molecule has 2 aromatic rings. The largest absolute Gasteiger partial charge is 0.464 e. The minimum absolute atomic E-state index is 0.333. The van der Waals surface area contributed by atoms with E-state index >= 15 is 0 Å². The number of ether oxygens (including phenoxy) is 1. The minimum atomic E-state index is -0.408. The number of aryl methyl sites for hydroxylation is 1. The van der Waals surface area contributed by atoms with Crippen LogP contribution in [-0.4, -0.2) is 18.1 Å². The Morgan fingerprint density at radius 1 is 1.31 bits per heavy atom. The third kappa shape index (κ3) is 2.12. The molecule has 0 aliphatic carbocycles.